The Labute approximate surface area is 174 Å². The van der Waals surface area contributed by atoms with Crippen molar-refractivity contribution in [3.63, 3.8) is 0 Å². The molecular formula is C21H33N3O4S. The Bertz CT molecular complexity index is 813. The zero-order chi connectivity index (χ0) is 21.0. The fraction of sp³-hybridized carbons (Fsp3) is 0.667. The quantitative estimate of drug-likeness (QED) is 0.729. The maximum Gasteiger partial charge on any atom is 0.243 e. The molecular weight excluding hydrogens is 390 g/mol. The summed E-state index contributed by atoms with van der Waals surface area (Å²) in [6.45, 7) is 7.84. The van der Waals surface area contributed by atoms with Crippen molar-refractivity contribution in [2.24, 2.45) is 0 Å². The second-order valence-corrected chi connectivity index (χ2v) is 10.2. The van der Waals surface area contributed by atoms with E-state index in [-0.39, 0.29) is 10.8 Å². The van der Waals surface area contributed by atoms with Crippen molar-refractivity contribution in [3.05, 3.63) is 23.8 Å². The van der Waals surface area contributed by atoms with E-state index in [2.05, 4.69) is 24.1 Å². The van der Waals surface area contributed by atoms with Gasteiger partial charge in [0.05, 0.1) is 24.7 Å². The van der Waals surface area contributed by atoms with Gasteiger partial charge in [-0.15, -0.1) is 0 Å². The number of benzene rings is 1. The smallest absolute Gasteiger partial charge is 0.243 e. The molecule has 1 saturated heterocycles. The highest BCUT2D eigenvalue weighted by Gasteiger charge is 2.29. The summed E-state index contributed by atoms with van der Waals surface area (Å²) in [6.07, 6.45) is 4.71. The van der Waals surface area contributed by atoms with E-state index in [1.54, 1.807) is 25.1 Å². The number of morpholine rings is 1. The van der Waals surface area contributed by atoms with Crippen LogP contribution in [0.1, 0.15) is 45.1 Å². The van der Waals surface area contributed by atoms with E-state index >= 15 is 0 Å². The average molecular weight is 424 g/mol. The fourth-order valence-corrected chi connectivity index (χ4v) is 5.88. The van der Waals surface area contributed by atoms with Crippen LogP contribution in [0.4, 0.5) is 5.69 Å². The minimum atomic E-state index is -3.61. The van der Waals surface area contributed by atoms with E-state index in [1.807, 2.05) is 0 Å². The summed E-state index contributed by atoms with van der Waals surface area (Å²) in [5.74, 6) is -0.107. The van der Waals surface area contributed by atoms with Crippen molar-refractivity contribution in [1.29, 1.82) is 0 Å². The molecule has 29 heavy (non-hydrogen) atoms. The molecule has 0 atom stereocenters. The lowest BCUT2D eigenvalue weighted by molar-refractivity contribution is -0.118. The van der Waals surface area contributed by atoms with Crippen molar-refractivity contribution >= 4 is 21.6 Å². The number of carbonyl (C=O) groups is 1. The van der Waals surface area contributed by atoms with E-state index in [0.717, 1.165) is 12.8 Å². The van der Waals surface area contributed by atoms with E-state index in [4.69, 9.17) is 4.74 Å². The van der Waals surface area contributed by atoms with E-state index in [0.29, 0.717) is 56.2 Å². The molecule has 2 aliphatic rings. The van der Waals surface area contributed by atoms with Gasteiger partial charge in [-0.25, -0.2) is 8.42 Å². The van der Waals surface area contributed by atoms with E-state index < -0.39 is 10.0 Å². The fourth-order valence-electron chi connectivity index (χ4n) is 4.22. The van der Waals surface area contributed by atoms with Gasteiger partial charge in [-0.2, -0.15) is 4.31 Å². The number of hydrogen-bond donors (Lipinski definition) is 1. The van der Waals surface area contributed by atoms with Gasteiger partial charge < -0.3 is 10.1 Å². The molecule has 1 aromatic carbocycles. The molecule has 1 N–H and O–H groups in total. The predicted octanol–water partition coefficient (Wildman–Crippen LogP) is 2.61. The molecule has 1 aromatic rings. The molecule has 1 aliphatic heterocycles. The van der Waals surface area contributed by atoms with Crippen LogP contribution in [0.15, 0.2) is 23.1 Å². The maximum atomic E-state index is 13.0. The summed E-state index contributed by atoms with van der Waals surface area (Å²) in [7, 11) is -3.61. The summed E-state index contributed by atoms with van der Waals surface area (Å²) in [5.41, 5.74) is 1.19. The van der Waals surface area contributed by atoms with E-state index in [1.165, 1.54) is 17.1 Å². The minimum Gasteiger partial charge on any atom is -0.379 e. The first-order chi connectivity index (χ1) is 13.8. The number of rotatable bonds is 7. The predicted molar refractivity (Wildman–Crippen MR) is 113 cm³/mol. The van der Waals surface area contributed by atoms with Crippen molar-refractivity contribution in [2.75, 3.05) is 38.2 Å². The highest BCUT2D eigenvalue weighted by Crippen LogP contribution is 2.26. The third kappa shape index (κ3) is 5.36. The number of aryl methyl sites for hydroxylation is 1. The topological polar surface area (TPSA) is 79.0 Å². The third-order valence-corrected chi connectivity index (χ3v) is 7.88. The van der Waals surface area contributed by atoms with Gasteiger partial charge in [0.1, 0.15) is 0 Å². The zero-order valence-corrected chi connectivity index (χ0v) is 18.5. The van der Waals surface area contributed by atoms with Crippen molar-refractivity contribution in [2.45, 2.75) is 63.4 Å². The number of anilines is 1. The number of nitrogens with one attached hydrogen (secondary N) is 1. The summed E-state index contributed by atoms with van der Waals surface area (Å²) < 4.78 is 32.8. The SMILES string of the molecule is Cc1ccc(NC(=O)CN(C(C)C)C2CCCC2)cc1S(=O)(=O)N1CCOCC1. The lowest BCUT2D eigenvalue weighted by Crippen LogP contribution is -2.43. The summed E-state index contributed by atoms with van der Waals surface area (Å²) in [6, 6.07) is 5.84. The summed E-state index contributed by atoms with van der Waals surface area (Å²) in [5, 5.41) is 2.91. The number of amides is 1. The molecule has 0 radical (unpaired) electrons. The molecule has 1 aliphatic carbocycles. The molecule has 0 unspecified atom stereocenters. The van der Waals surface area contributed by atoms with E-state index in [9.17, 15) is 13.2 Å². The van der Waals surface area contributed by atoms with Crippen LogP contribution in [0, 0.1) is 6.92 Å². The van der Waals surface area contributed by atoms with Gasteiger partial charge in [-0.3, -0.25) is 9.69 Å². The number of hydrogen-bond acceptors (Lipinski definition) is 5. The third-order valence-electron chi connectivity index (χ3n) is 5.84. The highest BCUT2D eigenvalue weighted by molar-refractivity contribution is 7.89. The van der Waals surface area contributed by atoms with Gasteiger partial charge in [0, 0.05) is 30.9 Å². The molecule has 1 saturated carbocycles. The molecule has 1 amide bonds. The lowest BCUT2D eigenvalue weighted by atomic mass is 10.1. The van der Waals surface area contributed by atoms with Gasteiger partial charge in [-0.05, 0) is 51.3 Å². The Kier molecular flexibility index (Phi) is 7.32. The average Bonchev–Trinajstić information content (AvgIpc) is 3.22. The second kappa shape index (κ2) is 9.55. The summed E-state index contributed by atoms with van der Waals surface area (Å²) >= 11 is 0. The Morgan fingerprint density at radius 3 is 2.52 bits per heavy atom. The number of ether oxygens (including phenoxy) is 1. The van der Waals surface area contributed by atoms with Crippen LogP contribution in [0.25, 0.3) is 0 Å². The molecule has 1 heterocycles. The Hall–Kier alpha value is -1.48. The van der Waals surface area contributed by atoms with Gasteiger partial charge >= 0.3 is 0 Å². The van der Waals surface area contributed by atoms with Crippen molar-refractivity contribution < 1.29 is 17.9 Å². The maximum absolute atomic E-state index is 13.0. The van der Waals surface area contributed by atoms with Crippen molar-refractivity contribution in [3.8, 4) is 0 Å². The van der Waals surface area contributed by atoms with Crippen LogP contribution >= 0.6 is 0 Å². The Morgan fingerprint density at radius 1 is 1.24 bits per heavy atom. The van der Waals surface area contributed by atoms with Crippen LogP contribution in [0.2, 0.25) is 0 Å². The normalized spacial score (nSPS) is 19.2. The Balaban J connectivity index is 1.72. The largest absolute Gasteiger partial charge is 0.379 e. The molecule has 0 spiro atoms. The molecule has 2 fully saturated rings. The summed E-state index contributed by atoms with van der Waals surface area (Å²) in [4.78, 5) is 15.2. The first-order valence-electron chi connectivity index (χ1n) is 10.5. The minimum absolute atomic E-state index is 0.107. The van der Waals surface area contributed by atoms with Crippen molar-refractivity contribution in [1.82, 2.24) is 9.21 Å². The number of sulfonamides is 1. The number of nitrogens with zero attached hydrogens (tertiary/aromatic N) is 2. The molecule has 3 rings (SSSR count). The monoisotopic (exact) mass is 423 g/mol. The van der Waals surface area contributed by atoms with Gasteiger partial charge in [-0.1, -0.05) is 18.9 Å². The first-order valence-corrected chi connectivity index (χ1v) is 12.0. The van der Waals surface area contributed by atoms with Crippen LogP contribution in [-0.4, -0.2) is 68.5 Å². The molecule has 162 valence electrons. The molecule has 0 bridgehead atoms. The van der Waals surface area contributed by atoms with Crippen LogP contribution < -0.4 is 5.32 Å². The number of carbonyl (C=O) groups excluding carboxylic acids is 1. The molecule has 8 heteroatoms. The van der Waals surface area contributed by atoms with Crippen LogP contribution in [-0.2, 0) is 19.6 Å². The molecule has 0 aromatic heterocycles. The molecule has 7 nitrogen and oxygen atoms in total. The zero-order valence-electron chi connectivity index (χ0n) is 17.7. The van der Waals surface area contributed by atoms with Crippen LogP contribution in [0.5, 0.6) is 0 Å². The Morgan fingerprint density at radius 2 is 1.90 bits per heavy atom. The van der Waals surface area contributed by atoms with Gasteiger partial charge in [0.2, 0.25) is 15.9 Å². The lowest BCUT2D eigenvalue weighted by Gasteiger charge is -2.32. The highest BCUT2D eigenvalue weighted by atomic mass is 32.2. The standard InChI is InChI=1S/C21H33N3O4S/c1-16(2)24(19-6-4-5-7-19)15-21(25)22-18-9-8-17(3)20(14-18)29(26,27)23-10-12-28-13-11-23/h8-9,14,16,19H,4-7,10-13,15H2,1-3H3,(H,22,25). The van der Waals surface area contributed by atoms with Gasteiger partial charge in [0.15, 0.2) is 0 Å². The second-order valence-electron chi connectivity index (χ2n) is 8.25. The first kappa shape index (κ1) is 22.2. The van der Waals surface area contributed by atoms with Crippen LogP contribution in [0.3, 0.4) is 0 Å². The van der Waals surface area contributed by atoms with Gasteiger partial charge in [0.25, 0.3) is 0 Å².